The van der Waals surface area contributed by atoms with Gasteiger partial charge in [-0.15, -0.1) is 11.3 Å². The van der Waals surface area contributed by atoms with Gasteiger partial charge in [-0.05, 0) is 48.6 Å². The number of hydrogen-bond donors (Lipinski definition) is 2. The third-order valence-electron chi connectivity index (χ3n) is 4.96. The first-order valence-electron chi connectivity index (χ1n) is 9.27. The summed E-state index contributed by atoms with van der Waals surface area (Å²) in [5.41, 5.74) is 1.92. The van der Waals surface area contributed by atoms with E-state index in [1.807, 2.05) is 17.5 Å². The summed E-state index contributed by atoms with van der Waals surface area (Å²) in [7, 11) is -3.60. The summed E-state index contributed by atoms with van der Waals surface area (Å²) in [6, 6.07) is 9.93. The van der Waals surface area contributed by atoms with Gasteiger partial charge in [-0.1, -0.05) is 17.7 Å². The number of hydrogen-bond acceptors (Lipinski definition) is 7. The van der Waals surface area contributed by atoms with E-state index >= 15 is 0 Å². The minimum atomic E-state index is -3.60. The van der Waals surface area contributed by atoms with E-state index in [9.17, 15) is 13.2 Å². The Kier molecular flexibility index (Phi) is 6.03. The molecule has 1 aromatic carbocycles. The highest BCUT2D eigenvalue weighted by Crippen LogP contribution is 2.34. The Morgan fingerprint density at radius 2 is 2.00 bits per heavy atom. The van der Waals surface area contributed by atoms with Crippen LogP contribution in [-0.4, -0.2) is 37.5 Å². The van der Waals surface area contributed by atoms with E-state index in [2.05, 4.69) is 10.8 Å². The second-order valence-electron chi connectivity index (χ2n) is 6.96. The van der Waals surface area contributed by atoms with Gasteiger partial charge in [-0.3, -0.25) is 4.84 Å². The molecule has 0 atom stereocenters. The predicted octanol–water partition coefficient (Wildman–Crippen LogP) is 3.23. The van der Waals surface area contributed by atoms with Gasteiger partial charge < -0.3 is 10.1 Å². The number of nitrogens with one attached hydrogen (secondary N) is 2. The number of piperidine rings is 1. The second-order valence-corrected chi connectivity index (χ2v) is 10.4. The minimum absolute atomic E-state index is 0.202. The highest BCUT2D eigenvalue weighted by atomic mass is 35.5. The van der Waals surface area contributed by atoms with Crippen molar-refractivity contribution in [1.82, 2.24) is 15.1 Å². The molecule has 1 saturated heterocycles. The van der Waals surface area contributed by atoms with Gasteiger partial charge in [0.05, 0.1) is 11.4 Å². The van der Waals surface area contributed by atoms with Crippen LogP contribution < -0.4 is 10.8 Å². The van der Waals surface area contributed by atoms with E-state index in [4.69, 9.17) is 21.2 Å². The smallest absolute Gasteiger partial charge is 0.392 e. The van der Waals surface area contributed by atoms with Gasteiger partial charge in [-0.25, -0.2) is 18.7 Å². The van der Waals surface area contributed by atoms with Crippen LogP contribution in [0.4, 0.5) is 4.79 Å². The van der Waals surface area contributed by atoms with Crippen molar-refractivity contribution in [3.05, 3.63) is 63.6 Å². The SMILES string of the molecule is O=C(NCc1cccs1)OC1=CC2(CCN(S(=O)(=O)c3ccc(Cl)cc3)CC2)ON1. The molecule has 30 heavy (non-hydrogen) atoms. The zero-order valence-electron chi connectivity index (χ0n) is 15.8. The fraction of sp³-hybridized carbons (Fsp3) is 0.316. The molecule has 1 amide bonds. The van der Waals surface area contributed by atoms with Crippen molar-refractivity contribution in [3.8, 4) is 0 Å². The molecule has 2 aliphatic rings. The third kappa shape index (κ3) is 4.62. The van der Waals surface area contributed by atoms with E-state index < -0.39 is 21.7 Å². The molecule has 2 aromatic rings. The summed E-state index contributed by atoms with van der Waals surface area (Å²) >= 11 is 7.39. The van der Waals surface area contributed by atoms with Crippen LogP contribution in [0, 0.1) is 0 Å². The predicted molar refractivity (Wildman–Crippen MR) is 112 cm³/mol. The molecule has 0 saturated carbocycles. The summed E-state index contributed by atoms with van der Waals surface area (Å²) in [6.07, 6.45) is 1.96. The fourth-order valence-corrected chi connectivity index (χ4v) is 5.53. The Balaban J connectivity index is 1.33. The molecule has 0 aliphatic carbocycles. The summed E-state index contributed by atoms with van der Waals surface area (Å²) in [6.45, 7) is 0.940. The van der Waals surface area contributed by atoms with Crippen LogP contribution in [0.5, 0.6) is 0 Å². The molecule has 1 fully saturated rings. The summed E-state index contributed by atoms with van der Waals surface area (Å²) < 4.78 is 32.3. The number of rotatable bonds is 5. The van der Waals surface area contributed by atoms with E-state index in [1.54, 1.807) is 29.5 Å². The average Bonchev–Trinajstić information content (AvgIpc) is 3.38. The van der Waals surface area contributed by atoms with Crippen LogP contribution >= 0.6 is 22.9 Å². The third-order valence-corrected chi connectivity index (χ3v) is 8.00. The number of thiophene rings is 1. The molecular formula is C19H20ClN3O5S2. The van der Waals surface area contributed by atoms with Crippen molar-refractivity contribution in [2.45, 2.75) is 29.9 Å². The fourth-order valence-electron chi connectivity index (χ4n) is 3.32. The number of nitrogens with zero attached hydrogens (tertiary/aromatic N) is 1. The first-order chi connectivity index (χ1) is 14.4. The van der Waals surface area contributed by atoms with Gasteiger partial charge in [0.2, 0.25) is 15.9 Å². The van der Waals surface area contributed by atoms with Crippen molar-refractivity contribution in [1.29, 1.82) is 0 Å². The maximum Gasteiger partial charge on any atom is 0.414 e. The highest BCUT2D eigenvalue weighted by Gasteiger charge is 2.42. The second kappa shape index (κ2) is 8.56. The lowest BCUT2D eigenvalue weighted by Crippen LogP contribution is -2.46. The topological polar surface area (TPSA) is 97.0 Å². The van der Waals surface area contributed by atoms with Crippen LogP contribution in [0.3, 0.4) is 0 Å². The van der Waals surface area contributed by atoms with Crippen LogP contribution in [0.1, 0.15) is 17.7 Å². The van der Waals surface area contributed by atoms with Crippen LogP contribution in [0.15, 0.2) is 58.6 Å². The maximum absolute atomic E-state index is 12.8. The van der Waals surface area contributed by atoms with Gasteiger partial charge in [0.15, 0.2) is 0 Å². The monoisotopic (exact) mass is 469 g/mol. The first kappa shape index (κ1) is 21.1. The number of carbonyl (C=O) groups excluding carboxylic acids is 1. The normalized spacial score (nSPS) is 18.6. The maximum atomic E-state index is 12.8. The number of amides is 1. The van der Waals surface area contributed by atoms with Crippen molar-refractivity contribution in [3.63, 3.8) is 0 Å². The molecule has 11 heteroatoms. The van der Waals surface area contributed by atoms with Crippen LogP contribution in [-0.2, 0) is 26.1 Å². The van der Waals surface area contributed by atoms with Crippen molar-refractivity contribution in [2.24, 2.45) is 0 Å². The van der Waals surface area contributed by atoms with E-state index in [1.165, 1.54) is 16.4 Å². The molecule has 1 spiro atoms. The van der Waals surface area contributed by atoms with E-state index in [0.717, 1.165) is 4.88 Å². The molecule has 0 bridgehead atoms. The number of sulfonamides is 1. The Labute approximate surface area is 183 Å². The van der Waals surface area contributed by atoms with E-state index in [-0.39, 0.29) is 23.9 Å². The summed E-state index contributed by atoms with van der Waals surface area (Å²) in [5.74, 6) is 0.202. The van der Waals surface area contributed by atoms with Gasteiger partial charge in [-0.2, -0.15) is 4.31 Å². The Hall–Kier alpha value is -2.11. The zero-order valence-corrected chi connectivity index (χ0v) is 18.2. The number of carbonyl (C=O) groups is 1. The van der Waals surface area contributed by atoms with Crippen LogP contribution in [0.2, 0.25) is 5.02 Å². The van der Waals surface area contributed by atoms with Gasteiger partial charge >= 0.3 is 6.09 Å². The van der Waals surface area contributed by atoms with Crippen molar-refractivity contribution >= 4 is 39.1 Å². The average molecular weight is 470 g/mol. The molecule has 3 heterocycles. The molecule has 0 unspecified atom stereocenters. The Morgan fingerprint density at radius 3 is 2.67 bits per heavy atom. The number of halogens is 1. The lowest BCUT2D eigenvalue weighted by molar-refractivity contribution is -0.0729. The van der Waals surface area contributed by atoms with Crippen molar-refractivity contribution < 1.29 is 22.8 Å². The molecule has 160 valence electrons. The molecule has 1 aromatic heterocycles. The van der Waals surface area contributed by atoms with Gasteiger partial charge in [0, 0.05) is 29.1 Å². The first-order valence-corrected chi connectivity index (χ1v) is 12.0. The molecule has 2 aliphatic heterocycles. The Bertz CT molecular complexity index is 1030. The lowest BCUT2D eigenvalue weighted by atomic mass is 9.93. The van der Waals surface area contributed by atoms with Crippen molar-refractivity contribution in [2.75, 3.05) is 13.1 Å². The largest absolute Gasteiger partial charge is 0.414 e. The summed E-state index contributed by atoms with van der Waals surface area (Å²) in [4.78, 5) is 18.8. The quantitative estimate of drug-likeness (QED) is 0.697. The molecule has 4 rings (SSSR count). The van der Waals surface area contributed by atoms with E-state index in [0.29, 0.717) is 24.4 Å². The molecule has 0 radical (unpaired) electrons. The number of ether oxygens (including phenoxy) is 1. The standard InChI is InChI=1S/C19H20ClN3O5S2/c20-14-3-5-16(6-4-14)30(25,26)23-9-7-19(8-10-23)12-17(22-28-19)27-18(24)21-13-15-2-1-11-29-15/h1-6,11-12,22H,7-10,13H2,(H,21,24). The van der Waals surface area contributed by atoms with Gasteiger partial charge in [0.25, 0.3) is 0 Å². The molecule has 8 nitrogen and oxygen atoms in total. The molecular weight excluding hydrogens is 450 g/mol. The van der Waals surface area contributed by atoms with Crippen LogP contribution in [0.25, 0.3) is 0 Å². The summed E-state index contributed by atoms with van der Waals surface area (Å²) in [5, 5.41) is 5.08. The number of hydroxylamine groups is 1. The number of alkyl carbamates (subject to hydrolysis) is 1. The molecule has 2 N–H and O–H groups in total. The highest BCUT2D eigenvalue weighted by molar-refractivity contribution is 7.89. The zero-order chi connectivity index (χ0) is 21.2. The lowest BCUT2D eigenvalue weighted by Gasteiger charge is -2.35. The number of benzene rings is 1. The van der Waals surface area contributed by atoms with Gasteiger partial charge in [0.1, 0.15) is 5.60 Å². The Morgan fingerprint density at radius 1 is 1.27 bits per heavy atom. The minimum Gasteiger partial charge on any atom is -0.392 e.